The normalized spacial score (nSPS) is 12.8. The molecule has 1 atom stereocenters. The van der Waals surface area contributed by atoms with Crippen LogP contribution in [0.15, 0.2) is 30.3 Å². The average Bonchev–Trinajstić information content (AvgIpc) is 2.17. The molecule has 1 rings (SSSR count). The van der Waals surface area contributed by atoms with E-state index in [9.17, 15) is 5.11 Å². The summed E-state index contributed by atoms with van der Waals surface area (Å²) < 4.78 is 1.38. The van der Waals surface area contributed by atoms with Crippen LogP contribution in [-0.2, 0) is 0 Å². The first-order chi connectivity index (χ1) is 6.33. The number of hydrogen-bond donors (Lipinski definition) is 1. The SMILES string of the molecule is CCC[C@@H](O)C[Se]c1ccccc1. The molecule has 0 aliphatic carbocycles. The van der Waals surface area contributed by atoms with Gasteiger partial charge in [0.25, 0.3) is 0 Å². The van der Waals surface area contributed by atoms with Crippen LogP contribution in [0.1, 0.15) is 19.8 Å². The molecule has 1 nitrogen and oxygen atoms in total. The van der Waals surface area contributed by atoms with E-state index in [1.165, 1.54) is 4.46 Å². The van der Waals surface area contributed by atoms with Crippen LogP contribution in [0.25, 0.3) is 0 Å². The van der Waals surface area contributed by atoms with Crippen LogP contribution in [0.5, 0.6) is 0 Å². The summed E-state index contributed by atoms with van der Waals surface area (Å²) in [6, 6.07) is 10.4. The third kappa shape index (κ3) is 4.47. The Kier molecular flexibility index (Phi) is 5.14. The number of hydrogen-bond acceptors (Lipinski definition) is 1. The van der Waals surface area contributed by atoms with Crippen LogP contribution in [0, 0.1) is 0 Å². The Morgan fingerprint density at radius 2 is 2.00 bits per heavy atom. The van der Waals surface area contributed by atoms with Crippen LogP contribution in [0.4, 0.5) is 0 Å². The van der Waals surface area contributed by atoms with Crippen molar-refractivity contribution < 1.29 is 5.11 Å². The predicted octanol–water partition coefficient (Wildman–Crippen LogP) is 1.60. The molecule has 0 saturated heterocycles. The molecule has 0 heterocycles. The summed E-state index contributed by atoms with van der Waals surface area (Å²) in [4.78, 5) is 0. The molecule has 0 radical (unpaired) electrons. The van der Waals surface area contributed by atoms with Crippen LogP contribution in [0.2, 0.25) is 5.32 Å². The molecule has 0 saturated carbocycles. The maximum absolute atomic E-state index is 9.53. The van der Waals surface area contributed by atoms with Crippen molar-refractivity contribution in [2.75, 3.05) is 0 Å². The maximum atomic E-state index is 9.53. The molecule has 2 heteroatoms. The monoisotopic (exact) mass is 244 g/mol. The summed E-state index contributed by atoms with van der Waals surface area (Å²) in [5, 5.41) is 10.5. The zero-order valence-electron chi connectivity index (χ0n) is 7.94. The molecule has 0 unspecified atom stereocenters. The second-order valence-corrected chi connectivity index (χ2v) is 5.36. The zero-order chi connectivity index (χ0) is 9.52. The number of aliphatic hydroxyl groups is 1. The van der Waals surface area contributed by atoms with Gasteiger partial charge in [0.15, 0.2) is 0 Å². The molecule has 72 valence electrons. The number of aliphatic hydroxyl groups excluding tert-OH is 1. The van der Waals surface area contributed by atoms with Gasteiger partial charge in [0, 0.05) is 0 Å². The second kappa shape index (κ2) is 6.20. The molecule has 1 aromatic rings. The summed E-state index contributed by atoms with van der Waals surface area (Å²) >= 11 is 0.440. The van der Waals surface area contributed by atoms with Gasteiger partial charge in [0.1, 0.15) is 0 Å². The molecular weight excluding hydrogens is 227 g/mol. The van der Waals surface area contributed by atoms with Crippen molar-refractivity contribution in [2.24, 2.45) is 0 Å². The molecular formula is C11H16OSe. The average molecular weight is 243 g/mol. The van der Waals surface area contributed by atoms with Crippen LogP contribution in [0.3, 0.4) is 0 Å². The number of benzene rings is 1. The van der Waals surface area contributed by atoms with E-state index in [2.05, 4.69) is 31.2 Å². The van der Waals surface area contributed by atoms with E-state index < -0.39 is 0 Å². The van der Waals surface area contributed by atoms with Crippen molar-refractivity contribution in [2.45, 2.75) is 31.2 Å². The molecule has 13 heavy (non-hydrogen) atoms. The number of rotatable bonds is 5. The Morgan fingerprint density at radius 3 is 2.62 bits per heavy atom. The Morgan fingerprint density at radius 1 is 1.31 bits per heavy atom. The molecule has 0 aliphatic heterocycles. The molecule has 0 spiro atoms. The van der Waals surface area contributed by atoms with E-state index in [0.717, 1.165) is 18.2 Å². The molecule has 0 aliphatic rings. The molecule has 1 N–H and O–H groups in total. The van der Waals surface area contributed by atoms with E-state index in [-0.39, 0.29) is 6.10 Å². The molecule has 0 fully saturated rings. The first-order valence-electron chi connectivity index (χ1n) is 4.69. The Hall–Kier alpha value is -0.301. The summed E-state index contributed by atoms with van der Waals surface area (Å²) in [5.74, 6) is 0. The predicted molar refractivity (Wildman–Crippen MR) is 57.6 cm³/mol. The topological polar surface area (TPSA) is 20.2 Å². The van der Waals surface area contributed by atoms with Crippen molar-refractivity contribution >= 4 is 19.4 Å². The Bertz CT molecular complexity index is 223. The third-order valence-corrected chi connectivity index (χ3v) is 4.23. The van der Waals surface area contributed by atoms with Gasteiger partial charge in [-0.2, -0.15) is 0 Å². The van der Waals surface area contributed by atoms with Gasteiger partial charge in [-0.15, -0.1) is 0 Å². The van der Waals surface area contributed by atoms with Gasteiger partial charge in [-0.1, -0.05) is 0 Å². The third-order valence-electron chi connectivity index (χ3n) is 1.81. The van der Waals surface area contributed by atoms with Gasteiger partial charge >= 0.3 is 86.0 Å². The van der Waals surface area contributed by atoms with Crippen molar-refractivity contribution in [3.05, 3.63) is 30.3 Å². The molecule has 1 aromatic carbocycles. The van der Waals surface area contributed by atoms with Gasteiger partial charge in [-0.25, -0.2) is 0 Å². The van der Waals surface area contributed by atoms with Crippen LogP contribution < -0.4 is 4.46 Å². The van der Waals surface area contributed by atoms with E-state index in [1.807, 2.05) is 6.07 Å². The van der Waals surface area contributed by atoms with Crippen molar-refractivity contribution in [3.63, 3.8) is 0 Å². The van der Waals surface area contributed by atoms with Gasteiger partial charge in [0.2, 0.25) is 0 Å². The van der Waals surface area contributed by atoms with E-state index >= 15 is 0 Å². The van der Waals surface area contributed by atoms with E-state index in [1.54, 1.807) is 0 Å². The first kappa shape index (κ1) is 10.8. The van der Waals surface area contributed by atoms with Gasteiger partial charge in [0.05, 0.1) is 0 Å². The van der Waals surface area contributed by atoms with E-state index in [4.69, 9.17) is 0 Å². The van der Waals surface area contributed by atoms with Crippen molar-refractivity contribution in [1.82, 2.24) is 0 Å². The minimum atomic E-state index is -0.0924. The van der Waals surface area contributed by atoms with Crippen molar-refractivity contribution in [1.29, 1.82) is 0 Å². The summed E-state index contributed by atoms with van der Waals surface area (Å²) in [6.45, 7) is 2.11. The van der Waals surface area contributed by atoms with Gasteiger partial charge in [-0.05, 0) is 0 Å². The molecule has 0 bridgehead atoms. The Balaban J connectivity index is 2.27. The van der Waals surface area contributed by atoms with Gasteiger partial charge < -0.3 is 0 Å². The van der Waals surface area contributed by atoms with Crippen LogP contribution >= 0.6 is 0 Å². The zero-order valence-corrected chi connectivity index (χ0v) is 9.65. The standard InChI is InChI=1S/C11H16OSe/c1-2-6-10(12)9-13-11-7-4-3-5-8-11/h3-5,7-8,10,12H,2,6,9H2,1H3/t10-/m1/s1. The van der Waals surface area contributed by atoms with Crippen molar-refractivity contribution in [3.8, 4) is 0 Å². The summed E-state index contributed by atoms with van der Waals surface area (Å²) in [6.07, 6.45) is 1.92. The quantitative estimate of drug-likeness (QED) is 0.779. The molecule has 0 amide bonds. The minimum absolute atomic E-state index is 0.0924. The fraction of sp³-hybridized carbons (Fsp3) is 0.455. The second-order valence-electron chi connectivity index (χ2n) is 3.07. The summed E-state index contributed by atoms with van der Waals surface area (Å²) in [7, 11) is 0. The fourth-order valence-corrected chi connectivity index (χ4v) is 3.02. The first-order valence-corrected chi connectivity index (χ1v) is 6.75. The fourth-order valence-electron chi connectivity index (χ4n) is 1.13. The van der Waals surface area contributed by atoms with E-state index in [0.29, 0.717) is 15.0 Å². The summed E-state index contributed by atoms with van der Waals surface area (Å²) in [5.41, 5.74) is 0. The van der Waals surface area contributed by atoms with Crippen LogP contribution in [-0.4, -0.2) is 26.2 Å². The Labute approximate surface area is 86.3 Å². The van der Waals surface area contributed by atoms with Gasteiger partial charge in [-0.3, -0.25) is 0 Å². The molecule has 0 aromatic heterocycles.